The average Bonchev–Trinajstić information content (AvgIpc) is 3.01. The molecule has 0 aliphatic rings. The summed E-state index contributed by atoms with van der Waals surface area (Å²) in [6.07, 6.45) is 3.52. The van der Waals surface area contributed by atoms with E-state index < -0.39 is 0 Å². The molecule has 0 saturated carbocycles. The highest BCUT2D eigenvalue weighted by atomic mass is 16.3. The molecule has 142 valence electrons. The van der Waals surface area contributed by atoms with Crippen molar-refractivity contribution in [1.82, 2.24) is 24.9 Å². The van der Waals surface area contributed by atoms with Gasteiger partial charge in [-0.15, -0.1) is 5.10 Å². The van der Waals surface area contributed by atoms with Crippen LogP contribution in [0.4, 0.5) is 0 Å². The van der Waals surface area contributed by atoms with Gasteiger partial charge in [0.05, 0.1) is 24.0 Å². The number of fused-ring (bicyclic) bond motifs is 1. The molecule has 0 aliphatic carbocycles. The molecule has 0 bridgehead atoms. The Hall–Kier alpha value is -2.80. The first-order valence-corrected chi connectivity index (χ1v) is 8.89. The first-order valence-electron chi connectivity index (χ1n) is 8.89. The van der Waals surface area contributed by atoms with E-state index in [9.17, 15) is 9.90 Å². The van der Waals surface area contributed by atoms with Crippen molar-refractivity contribution in [2.75, 3.05) is 13.7 Å². The van der Waals surface area contributed by atoms with Crippen LogP contribution >= 0.6 is 0 Å². The third-order valence-electron chi connectivity index (χ3n) is 4.94. The van der Waals surface area contributed by atoms with E-state index in [1.165, 1.54) is 0 Å². The molecular weight excluding hydrogens is 342 g/mol. The van der Waals surface area contributed by atoms with Crippen LogP contribution in [0.15, 0.2) is 36.7 Å². The molecule has 1 atom stereocenters. The Morgan fingerprint density at radius 2 is 2.04 bits per heavy atom. The largest absolute Gasteiger partial charge is 0.394 e. The molecule has 0 fully saturated rings. The summed E-state index contributed by atoms with van der Waals surface area (Å²) in [5.74, 6) is -0.255. The first-order chi connectivity index (χ1) is 12.8. The SMILES string of the molecule is Cc1c(C(=O)N(C)[C@@H](CO)C(C)(C)C)nnn1-c1cccc2cnccc12. The number of rotatable bonds is 4. The molecule has 0 spiro atoms. The zero-order valence-corrected chi connectivity index (χ0v) is 16.3. The number of hydrogen-bond acceptors (Lipinski definition) is 5. The van der Waals surface area contributed by atoms with Gasteiger partial charge in [0.25, 0.3) is 5.91 Å². The van der Waals surface area contributed by atoms with Crippen LogP contribution in [-0.2, 0) is 0 Å². The van der Waals surface area contributed by atoms with E-state index in [-0.39, 0.29) is 29.7 Å². The molecule has 1 N–H and O–H groups in total. The molecule has 2 aromatic heterocycles. The molecule has 0 radical (unpaired) electrons. The zero-order valence-electron chi connectivity index (χ0n) is 16.3. The molecule has 27 heavy (non-hydrogen) atoms. The van der Waals surface area contributed by atoms with Crippen molar-refractivity contribution in [3.05, 3.63) is 48.0 Å². The lowest BCUT2D eigenvalue weighted by molar-refractivity contribution is 0.0428. The molecule has 7 heteroatoms. The monoisotopic (exact) mass is 367 g/mol. The lowest BCUT2D eigenvalue weighted by Gasteiger charge is -2.36. The van der Waals surface area contributed by atoms with Crippen molar-refractivity contribution < 1.29 is 9.90 Å². The Balaban J connectivity index is 2.01. The average molecular weight is 367 g/mol. The third-order valence-corrected chi connectivity index (χ3v) is 4.94. The van der Waals surface area contributed by atoms with Gasteiger partial charge in [-0.2, -0.15) is 0 Å². The number of amides is 1. The Morgan fingerprint density at radius 3 is 2.70 bits per heavy atom. The maximum absolute atomic E-state index is 13.0. The van der Waals surface area contributed by atoms with Gasteiger partial charge in [0.15, 0.2) is 5.69 Å². The van der Waals surface area contributed by atoms with E-state index in [1.54, 1.807) is 29.0 Å². The zero-order chi connectivity index (χ0) is 19.8. The predicted molar refractivity (Wildman–Crippen MR) is 104 cm³/mol. The summed E-state index contributed by atoms with van der Waals surface area (Å²) in [5.41, 5.74) is 1.52. The van der Waals surface area contributed by atoms with Crippen LogP contribution < -0.4 is 0 Å². The maximum atomic E-state index is 13.0. The second-order valence-electron chi connectivity index (χ2n) is 7.79. The second kappa shape index (κ2) is 7.08. The fourth-order valence-electron chi connectivity index (χ4n) is 3.33. The molecule has 0 saturated heterocycles. The highest BCUT2D eigenvalue weighted by Gasteiger charge is 2.33. The van der Waals surface area contributed by atoms with Crippen molar-refractivity contribution in [3.63, 3.8) is 0 Å². The van der Waals surface area contributed by atoms with E-state index in [4.69, 9.17) is 0 Å². The number of likely N-dealkylation sites (N-methyl/N-ethyl adjacent to an activating group) is 1. The quantitative estimate of drug-likeness (QED) is 0.766. The van der Waals surface area contributed by atoms with Crippen LogP contribution in [-0.4, -0.2) is 55.6 Å². The van der Waals surface area contributed by atoms with Gasteiger partial charge in [-0.05, 0) is 24.5 Å². The molecule has 3 rings (SSSR count). The van der Waals surface area contributed by atoms with E-state index in [2.05, 4.69) is 15.3 Å². The van der Waals surface area contributed by atoms with Crippen LogP contribution in [0.25, 0.3) is 16.5 Å². The lowest BCUT2D eigenvalue weighted by Crippen LogP contribution is -2.47. The van der Waals surface area contributed by atoms with E-state index in [0.717, 1.165) is 16.5 Å². The topological polar surface area (TPSA) is 84.1 Å². The van der Waals surface area contributed by atoms with Gasteiger partial charge >= 0.3 is 0 Å². The number of aliphatic hydroxyl groups is 1. The predicted octanol–water partition coefficient (Wildman–Crippen LogP) is 2.60. The van der Waals surface area contributed by atoms with Crippen molar-refractivity contribution in [2.45, 2.75) is 33.7 Å². The van der Waals surface area contributed by atoms with Gasteiger partial charge in [-0.3, -0.25) is 9.78 Å². The Labute approximate surface area is 158 Å². The van der Waals surface area contributed by atoms with E-state index in [0.29, 0.717) is 5.69 Å². The number of nitrogens with zero attached hydrogens (tertiary/aromatic N) is 5. The number of benzene rings is 1. The summed E-state index contributed by atoms with van der Waals surface area (Å²) in [6.45, 7) is 7.68. The van der Waals surface area contributed by atoms with Crippen LogP contribution in [0.1, 0.15) is 37.0 Å². The molecular formula is C20H25N5O2. The van der Waals surface area contributed by atoms with Crippen LogP contribution in [0.5, 0.6) is 0 Å². The van der Waals surface area contributed by atoms with Crippen molar-refractivity contribution >= 4 is 16.7 Å². The van der Waals surface area contributed by atoms with Crippen molar-refractivity contribution in [1.29, 1.82) is 0 Å². The third kappa shape index (κ3) is 3.42. The van der Waals surface area contributed by atoms with Gasteiger partial charge in [-0.25, -0.2) is 4.68 Å². The highest BCUT2D eigenvalue weighted by Crippen LogP contribution is 2.26. The summed E-state index contributed by atoms with van der Waals surface area (Å²) in [6, 6.07) is 7.44. The number of pyridine rings is 1. The van der Waals surface area contributed by atoms with Gasteiger partial charge < -0.3 is 10.0 Å². The summed E-state index contributed by atoms with van der Waals surface area (Å²) in [5, 5.41) is 20.1. The molecule has 0 unspecified atom stereocenters. The highest BCUT2D eigenvalue weighted by molar-refractivity contribution is 5.94. The first kappa shape index (κ1) is 19.0. The van der Waals surface area contributed by atoms with Gasteiger partial charge in [-0.1, -0.05) is 38.1 Å². The minimum absolute atomic E-state index is 0.116. The van der Waals surface area contributed by atoms with Crippen LogP contribution in [0, 0.1) is 12.3 Å². The molecule has 1 aromatic carbocycles. The summed E-state index contributed by atoms with van der Waals surface area (Å²) in [4.78, 5) is 18.7. The van der Waals surface area contributed by atoms with Gasteiger partial charge in [0, 0.05) is 30.2 Å². The minimum atomic E-state index is -0.321. The molecule has 7 nitrogen and oxygen atoms in total. The minimum Gasteiger partial charge on any atom is -0.394 e. The summed E-state index contributed by atoms with van der Waals surface area (Å²) < 4.78 is 1.68. The normalized spacial score (nSPS) is 13.0. The van der Waals surface area contributed by atoms with Crippen molar-refractivity contribution in [2.24, 2.45) is 5.41 Å². The van der Waals surface area contributed by atoms with Gasteiger partial charge in [0.1, 0.15) is 0 Å². The molecule has 0 aliphatic heterocycles. The number of aromatic nitrogens is 4. The lowest BCUT2D eigenvalue weighted by atomic mass is 9.86. The standard InChI is InChI=1S/C20H25N5O2/c1-13-18(19(27)24(5)17(12-26)20(2,3)4)22-23-25(13)16-8-6-7-14-11-21-10-9-15(14)16/h6-11,17,26H,12H2,1-5H3/t17-/m0/s1. The number of hydrogen-bond donors (Lipinski definition) is 1. The summed E-state index contributed by atoms with van der Waals surface area (Å²) in [7, 11) is 1.69. The number of carbonyl (C=O) groups excluding carboxylic acids is 1. The van der Waals surface area contributed by atoms with Crippen LogP contribution in [0.3, 0.4) is 0 Å². The second-order valence-corrected chi connectivity index (χ2v) is 7.79. The Bertz CT molecular complexity index is 969. The molecule has 3 aromatic rings. The van der Waals surface area contributed by atoms with Crippen LogP contribution in [0.2, 0.25) is 0 Å². The smallest absolute Gasteiger partial charge is 0.276 e. The Kier molecular flexibility index (Phi) is 4.97. The van der Waals surface area contributed by atoms with E-state index >= 15 is 0 Å². The fourth-order valence-corrected chi connectivity index (χ4v) is 3.33. The molecule has 2 heterocycles. The van der Waals surface area contributed by atoms with E-state index in [1.807, 2.05) is 52.0 Å². The summed E-state index contributed by atoms with van der Waals surface area (Å²) >= 11 is 0. The molecule has 1 amide bonds. The number of carbonyl (C=O) groups is 1. The van der Waals surface area contributed by atoms with Crippen molar-refractivity contribution in [3.8, 4) is 5.69 Å². The Morgan fingerprint density at radius 1 is 1.30 bits per heavy atom. The number of aliphatic hydroxyl groups excluding tert-OH is 1. The van der Waals surface area contributed by atoms with Gasteiger partial charge in [0.2, 0.25) is 0 Å². The maximum Gasteiger partial charge on any atom is 0.276 e. The fraction of sp³-hybridized carbons (Fsp3) is 0.400.